The van der Waals surface area contributed by atoms with E-state index in [4.69, 9.17) is 11.6 Å². The van der Waals surface area contributed by atoms with Crippen LogP contribution in [-0.2, 0) is 9.59 Å². The molecular formula is C19H26ClNO4. The van der Waals surface area contributed by atoms with Crippen LogP contribution in [0, 0.1) is 0 Å². The van der Waals surface area contributed by atoms with E-state index in [2.05, 4.69) is 6.92 Å². The van der Waals surface area contributed by atoms with Gasteiger partial charge in [-0.2, -0.15) is 0 Å². The minimum absolute atomic E-state index is 0.00724. The van der Waals surface area contributed by atoms with Crippen molar-refractivity contribution in [3.8, 4) is 5.75 Å². The van der Waals surface area contributed by atoms with Gasteiger partial charge in [0.1, 0.15) is 5.75 Å². The van der Waals surface area contributed by atoms with Crippen LogP contribution in [0.3, 0.4) is 0 Å². The summed E-state index contributed by atoms with van der Waals surface area (Å²) in [5, 5.41) is 19.0. The zero-order valence-corrected chi connectivity index (χ0v) is 15.6. The molecule has 0 unspecified atom stereocenters. The van der Waals surface area contributed by atoms with E-state index in [9.17, 15) is 19.8 Å². The van der Waals surface area contributed by atoms with E-state index < -0.39 is 17.6 Å². The number of amides is 1. The molecule has 6 heteroatoms. The number of alkyl halides is 1. The van der Waals surface area contributed by atoms with Crippen LogP contribution in [0.15, 0.2) is 29.8 Å². The van der Waals surface area contributed by atoms with Gasteiger partial charge in [0.05, 0.1) is 18.2 Å². The van der Waals surface area contributed by atoms with Crippen molar-refractivity contribution in [3.05, 3.63) is 35.4 Å². The van der Waals surface area contributed by atoms with E-state index in [1.54, 1.807) is 12.1 Å². The monoisotopic (exact) mass is 367 g/mol. The van der Waals surface area contributed by atoms with Crippen molar-refractivity contribution in [1.29, 1.82) is 0 Å². The Kier molecular flexibility index (Phi) is 9.24. The van der Waals surface area contributed by atoms with Crippen molar-refractivity contribution in [1.82, 2.24) is 4.90 Å². The number of hydrogen-bond donors (Lipinski definition) is 2. The lowest BCUT2D eigenvalue weighted by Crippen LogP contribution is -2.38. The largest absolute Gasteiger partial charge is 0.508 e. The highest BCUT2D eigenvalue weighted by Crippen LogP contribution is 2.29. The smallest absolute Gasteiger partial charge is 0.295 e. The third-order valence-electron chi connectivity index (χ3n) is 3.93. The zero-order valence-electron chi connectivity index (χ0n) is 14.8. The molecule has 1 aromatic rings. The van der Waals surface area contributed by atoms with E-state index in [1.807, 2.05) is 6.92 Å². The number of nitrogens with zero attached hydrogens (tertiary/aromatic N) is 1. The summed E-state index contributed by atoms with van der Waals surface area (Å²) in [5.41, 5.74) is 2.36. The summed E-state index contributed by atoms with van der Waals surface area (Å²) >= 11 is 5.55. The molecule has 0 aliphatic carbocycles. The molecule has 0 aliphatic heterocycles. The molecule has 1 aromatic carbocycles. The molecule has 2 N–H and O–H groups in total. The van der Waals surface area contributed by atoms with Gasteiger partial charge in [-0.25, -0.2) is 0 Å². The summed E-state index contributed by atoms with van der Waals surface area (Å²) in [6.45, 7) is 3.82. The van der Waals surface area contributed by atoms with Crippen LogP contribution < -0.4 is 0 Å². The Morgan fingerprint density at radius 3 is 2.28 bits per heavy atom. The fourth-order valence-corrected chi connectivity index (χ4v) is 2.76. The normalized spacial score (nSPS) is 11.8. The van der Waals surface area contributed by atoms with Gasteiger partial charge in [0.2, 0.25) is 5.78 Å². The molecule has 25 heavy (non-hydrogen) atoms. The Labute approximate surface area is 153 Å². The molecule has 0 saturated carbocycles. The number of aliphatic hydroxyl groups excluding tert-OH is 1. The van der Waals surface area contributed by atoms with Crippen LogP contribution in [0.1, 0.15) is 45.1 Å². The second kappa shape index (κ2) is 10.9. The second-order valence-corrected chi connectivity index (χ2v) is 5.96. The van der Waals surface area contributed by atoms with Gasteiger partial charge in [-0.3, -0.25) is 9.59 Å². The second-order valence-electron chi connectivity index (χ2n) is 5.69. The molecule has 5 nitrogen and oxygen atoms in total. The third kappa shape index (κ3) is 5.87. The number of phenolic OH excluding ortho intramolecular Hbond substituents is 1. The van der Waals surface area contributed by atoms with E-state index in [-0.39, 0.29) is 18.9 Å². The summed E-state index contributed by atoms with van der Waals surface area (Å²) in [6, 6.07) is 6.48. The number of hydrogen-bond acceptors (Lipinski definition) is 4. The minimum atomic E-state index is -0.727. The number of Topliss-reactive ketones (excluding diaryl/α,β-unsaturated/α-hetero) is 1. The summed E-state index contributed by atoms with van der Waals surface area (Å²) in [7, 11) is 0. The molecule has 0 heterocycles. The SMILES string of the molecule is CCCCC(CC)=C(c1ccc(O)cc1)N(CCO)C(=O)C(=O)CCl. The van der Waals surface area contributed by atoms with Crippen LogP contribution >= 0.6 is 11.6 Å². The highest BCUT2D eigenvalue weighted by Gasteiger charge is 2.26. The molecular weight excluding hydrogens is 342 g/mol. The molecule has 0 atom stereocenters. The van der Waals surface area contributed by atoms with Crippen LogP contribution in [0.5, 0.6) is 5.75 Å². The van der Waals surface area contributed by atoms with Crippen LogP contribution in [0.4, 0.5) is 0 Å². The summed E-state index contributed by atoms with van der Waals surface area (Å²) < 4.78 is 0. The molecule has 0 fully saturated rings. The van der Waals surface area contributed by atoms with Crippen molar-refractivity contribution < 1.29 is 19.8 Å². The quantitative estimate of drug-likeness (QED) is 0.491. The molecule has 0 aromatic heterocycles. The minimum Gasteiger partial charge on any atom is -0.508 e. The number of allylic oxidation sites excluding steroid dienone is 1. The maximum atomic E-state index is 12.5. The first-order chi connectivity index (χ1) is 12.0. The van der Waals surface area contributed by atoms with E-state index in [0.29, 0.717) is 12.1 Å². The molecule has 138 valence electrons. The van der Waals surface area contributed by atoms with Crippen molar-refractivity contribution in [3.63, 3.8) is 0 Å². The predicted molar refractivity (Wildman–Crippen MR) is 99.4 cm³/mol. The van der Waals surface area contributed by atoms with Crippen LogP contribution in [-0.4, -0.2) is 45.8 Å². The lowest BCUT2D eigenvalue weighted by atomic mass is 9.98. The number of halogens is 1. The first-order valence-corrected chi connectivity index (χ1v) is 9.06. The van der Waals surface area contributed by atoms with Crippen molar-refractivity contribution >= 4 is 29.0 Å². The summed E-state index contributed by atoms with van der Waals surface area (Å²) in [5.74, 6) is -1.72. The fraction of sp³-hybridized carbons (Fsp3) is 0.474. The average Bonchev–Trinajstić information content (AvgIpc) is 2.63. The number of carbonyl (C=O) groups excluding carboxylic acids is 2. The molecule has 0 aliphatic rings. The average molecular weight is 368 g/mol. The van der Waals surface area contributed by atoms with Crippen molar-refractivity contribution in [2.45, 2.75) is 39.5 Å². The Balaban J connectivity index is 3.49. The molecule has 0 radical (unpaired) electrons. The summed E-state index contributed by atoms with van der Waals surface area (Å²) in [6.07, 6.45) is 3.45. The van der Waals surface area contributed by atoms with Gasteiger partial charge in [0.15, 0.2) is 0 Å². The van der Waals surface area contributed by atoms with Gasteiger partial charge in [-0.05, 0) is 54.7 Å². The lowest BCUT2D eigenvalue weighted by molar-refractivity contribution is -0.141. The number of unbranched alkanes of at least 4 members (excludes halogenated alkanes) is 1. The topological polar surface area (TPSA) is 77.8 Å². The van der Waals surface area contributed by atoms with E-state index in [1.165, 1.54) is 17.0 Å². The number of ketones is 1. The van der Waals surface area contributed by atoms with Gasteiger partial charge in [0, 0.05) is 6.54 Å². The van der Waals surface area contributed by atoms with E-state index >= 15 is 0 Å². The Morgan fingerprint density at radius 1 is 1.16 bits per heavy atom. The highest BCUT2D eigenvalue weighted by atomic mass is 35.5. The number of rotatable bonds is 10. The first kappa shape index (κ1) is 21.2. The Hall–Kier alpha value is -1.85. The van der Waals surface area contributed by atoms with Crippen molar-refractivity contribution in [2.24, 2.45) is 0 Å². The van der Waals surface area contributed by atoms with Gasteiger partial charge in [-0.1, -0.05) is 20.3 Å². The Bertz CT molecular complexity index is 610. The third-order valence-corrected chi connectivity index (χ3v) is 4.18. The molecule has 0 spiro atoms. The van der Waals surface area contributed by atoms with Gasteiger partial charge in [0.25, 0.3) is 5.91 Å². The van der Waals surface area contributed by atoms with E-state index in [0.717, 1.165) is 30.4 Å². The number of carbonyl (C=O) groups is 2. The summed E-state index contributed by atoms with van der Waals surface area (Å²) in [4.78, 5) is 25.7. The highest BCUT2D eigenvalue weighted by molar-refractivity contribution is 6.47. The number of aromatic hydroxyl groups is 1. The number of benzene rings is 1. The fourth-order valence-electron chi connectivity index (χ4n) is 2.65. The number of aliphatic hydroxyl groups is 1. The molecule has 0 bridgehead atoms. The zero-order chi connectivity index (χ0) is 18.8. The van der Waals surface area contributed by atoms with Gasteiger partial charge < -0.3 is 15.1 Å². The predicted octanol–water partition coefficient (Wildman–Crippen LogP) is 3.33. The van der Waals surface area contributed by atoms with Gasteiger partial charge >= 0.3 is 0 Å². The Morgan fingerprint density at radius 2 is 1.80 bits per heavy atom. The number of phenols is 1. The van der Waals surface area contributed by atoms with Crippen LogP contribution in [0.2, 0.25) is 0 Å². The van der Waals surface area contributed by atoms with Crippen molar-refractivity contribution in [2.75, 3.05) is 19.0 Å². The van der Waals surface area contributed by atoms with Gasteiger partial charge in [-0.15, -0.1) is 11.6 Å². The molecule has 1 rings (SSSR count). The standard InChI is InChI=1S/C19H26ClNO4/c1-3-5-6-14(4-2)18(15-7-9-16(23)10-8-15)21(11-12-22)19(25)17(24)13-20/h7-10,22-23H,3-6,11-13H2,1-2H3. The first-order valence-electron chi connectivity index (χ1n) is 8.53. The van der Waals surface area contributed by atoms with Crippen LogP contribution in [0.25, 0.3) is 5.70 Å². The lowest BCUT2D eigenvalue weighted by Gasteiger charge is -2.27. The maximum absolute atomic E-state index is 12.5. The molecule has 0 saturated heterocycles. The molecule has 1 amide bonds. The maximum Gasteiger partial charge on any atom is 0.295 e.